The summed E-state index contributed by atoms with van der Waals surface area (Å²) >= 11 is 0. The van der Waals surface area contributed by atoms with Crippen molar-refractivity contribution in [3.05, 3.63) is 71.4 Å². The van der Waals surface area contributed by atoms with E-state index in [1.54, 1.807) is 6.92 Å². The van der Waals surface area contributed by atoms with E-state index in [9.17, 15) is 22.8 Å². The molecule has 150 valence electrons. The van der Waals surface area contributed by atoms with Gasteiger partial charge in [0.1, 0.15) is 23.5 Å². The zero-order valence-corrected chi connectivity index (χ0v) is 15.1. The fourth-order valence-electron chi connectivity index (χ4n) is 2.41. The van der Waals surface area contributed by atoms with Crippen molar-refractivity contribution in [3.63, 3.8) is 0 Å². The summed E-state index contributed by atoms with van der Waals surface area (Å²) in [7, 11) is 0. The molecule has 0 aliphatic heterocycles. The lowest BCUT2D eigenvalue weighted by atomic mass is 10.2. The Morgan fingerprint density at radius 1 is 1.07 bits per heavy atom. The maximum Gasteiger partial charge on any atom is 0.254 e. The first-order valence-electron chi connectivity index (χ1n) is 8.45. The highest BCUT2D eigenvalue weighted by atomic mass is 19.1. The monoisotopic (exact) mass is 404 g/mol. The molecule has 0 saturated heterocycles. The van der Waals surface area contributed by atoms with Crippen LogP contribution in [0.2, 0.25) is 0 Å². The first-order chi connectivity index (χ1) is 13.8. The molecule has 0 bridgehead atoms. The first-order valence-corrected chi connectivity index (χ1v) is 8.45. The number of halogens is 3. The van der Waals surface area contributed by atoms with Crippen LogP contribution in [0, 0.1) is 17.5 Å². The van der Waals surface area contributed by atoms with Crippen molar-refractivity contribution >= 4 is 11.8 Å². The molecule has 0 radical (unpaired) electrons. The Kier molecular flexibility index (Phi) is 5.91. The maximum atomic E-state index is 13.6. The van der Waals surface area contributed by atoms with Gasteiger partial charge in [-0.05, 0) is 43.3 Å². The van der Waals surface area contributed by atoms with Crippen molar-refractivity contribution in [2.24, 2.45) is 0 Å². The predicted octanol–water partition coefficient (Wildman–Crippen LogP) is 2.76. The molecule has 0 spiro atoms. The summed E-state index contributed by atoms with van der Waals surface area (Å²) in [5, 5.41) is 8.55. The molecule has 1 aromatic heterocycles. The normalized spacial score (nSPS) is 11.7. The molecule has 2 aromatic carbocycles. The van der Waals surface area contributed by atoms with Crippen LogP contribution in [0.25, 0.3) is 11.4 Å². The maximum absolute atomic E-state index is 13.6. The van der Waals surface area contributed by atoms with E-state index in [2.05, 4.69) is 20.8 Å². The van der Waals surface area contributed by atoms with Gasteiger partial charge < -0.3 is 15.2 Å². The highest BCUT2D eigenvalue weighted by molar-refractivity contribution is 5.96. The molecule has 29 heavy (non-hydrogen) atoms. The van der Waals surface area contributed by atoms with Crippen LogP contribution in [0.4, 0.5) is 13.2 Å². The summed E-state index contributed by atoms with van der Waals surface area (Å²) in [5.41, 5.74) is 0.154. The molecule has 3 aromatic rings. The van der Waals surface area contributed by atoms with Crippen molar-refractivity contribution < 1.29 is 27.3 Å². The van der Waals surface area contributed by atoms with Gasteiger partial charge in [-0.2, -0.15) is 4.98 Å². The second-order valence-electron chi connectivity index (χ2n) is 6.06. The minimum Gasteiger partial charge on any atom is -0.343 e. The summed E-state index contributed by atoms with van der Waals surface area (Å²) in [5.74, 6) is -3.37. The molecule has 0 fully saturated rings. The Morgan fingerprint density at radius 2 is 1.76 bits per heavy atom. The first kappa shape index (κ1) is 20.1. The van der Waals surface area contributed by atoms with Gasteiger partial charge in [0.2, 0.25) is 17.6 Å². The Hall–Kier alpha value is -3.69. The summed E-state index contributed by atoms with van der Waals surface area (Å²) in [6.07, 6.45) is 0. The molecule has 2 N–H and O–H groups in total. The number of hydrogen-bond donors (Lipinski definition) is 2. The van der Waals surface area contributed by atoms with E-state index in [0.29, 0.717) is 11.6 Å². The average molecular weight is 404 g/mol. The van der Waals surface area contributed by atoms with Crippen LogP contribution in [0.1, 0.15) is 29.2 Å². The van der Waals surface area contributed by atoms with Crippen LogP contribution >= 0.6 is 0 Å². The van der Waals surface area contributed by atoms with E-state index in [1.165, 1.54) is 24.3 Å². The quantitative estimate of drug-likeness (QED) is 0.659. The van der Waals surface area contributed by atoms with Gasteiger partial charge in [-0.3, -0.25) is 9.59 Å². The molecule has 1 heterocycles. The number of nitrogens with zero attached hydrogens (tertiary/aromatic N) is 2. The van der Waals surface area contributed by atoms with Crippen molar-refractivity contribution in [2.45, 2.75) is 13.0 Å². The molecule has 1 unspecified atom stereocenters. The molecule has 2 amide bonds. The SMILES string of the molecule is CC(NC(=O)CNC(=O)c1ccc(F)cc1F)c1nc(-c2ccc(F)cc2)no1. The number of hydrogen-bond acceptors (Lipinski definition) is 5. The van der Waals surface area contributed by atoms with Crippen LogP contribution in [0.15, 0.2) is 47.0 Å². The number of amides is 2. The molecule has 7 nitrogen and oxygen atoms in total. The molecule has 10 heteroatoms. The summed E-state index contributed by atoms with van der Waals surface area (Å²) in [6, 6.07) is 7.29. The molecule has 1 atom stereocenters. The predicted molar refractivity (Wildman–Crippen MR) is 94.9 cm³/mol. The van der Waals surface area contributed by atoms with Gasteiger partial charge in [-0.1, -0.05) is 5.16 Å². The zero-order valence-electron chi connectivity index (χ0n) is 15.1. The fraction of sp³-hybridized carbons (Fsp3) is 0.158. The van der Waals surface area contributed by atoms with E-state index < -0.39 is 41.9 Å². The summed E-state index contributed by atoms with van der Waals surface area (Å²) in [6.45, 7) is 1.14. The average Bonchev–Trinajstić information content (AvgIpc) is 3.17. The molecular formula is C19H15F3N4O3. The van der Waals surface area contributed by atoms with Gasteiger partial charge in [0.25, 0.3) is 5.91 Å². The largest absolute Gasteiger partial charge is 0.343 e. The molecular weight excluding hydrogens is 389 g/mol. The summed E-state index contributed by atoms with van der Waals surface area (Å²) in [4.78, 5) is 28.0. The fourth-order valence-corrected chi connectivity index (χ4v) is 2.41. The minimum absolute atomic E-state index is 0.105. The molecule has 0 aliphatic rings. The number of nitrogens with one attached hydrogen (secondary N) is 2. The van der Waals surface area contributed by atoms with Crippen LogP contribution in [0.5, 0.6) is 0 Å². The lowest BCUT2D eigenvalue weighted by Gasteiger charge is -2.10. The summed E-state index contributed by atoms with van der Waals surface area (Å²) < 4.78 is 44.5. The van der Waals surface area contributed by atoms with Crippen LogP contribution in [0.3, 0.4) is 0 Å². The Balaban J connectivity index is 1.55. The molecule has 0 saturated carbocycles. The van der Waals surface area contributed by atoms with E-state index in [4.69, 9.17) is 4.52 Å². The van der Waals surface area contributed by atoms with Crippen molar-refractivity contribution in [3.8, 4) is 11.4 Å². The Bertz CT molecular complexity index is 1040. The van der Waals surface area contributed by atoms with Gasteiger partial charge in [-0.15, -0.1) is 0 Å². The molecule has 3 rings (SSSR count). The second-order valence-corrected chi connectivity index (χ2v) is 6.06. The van der Waals surface area contributed by atoms with Gasteiger partial charge in [-0.25, -0.2) is 13.2 Å². The lowest BCUT2D eigenvalue weighted by Crippen LogP contribution is -2.38. The Morgan fingerprint density at radius 3 is 2.45 bits per heavy atom. The second kappa shape index (κ2) is 8.55. The zero-order chi connectivity index (χ0) is 21.0. The minimum atomic E-state index is -1.03. The third kappa shape index (κ3) is 4.98. The highest BCUT2D eigenvalue weighted by Gasteiger charge is 2.19. The van der Waals surface area contributed by atoms with Gasteiger partial charge in [0, 0.05) is 11.6 Å². The van der Waals surface area contributed by atoms with E-state index in [1.807, 2.05) is 0 Å². The number of rotatable bonds is 6. The van der Waals surface area contributed by atoms with Crippen LogP contribution < -0.4 is 10.6 Å². The van der Waals surface area contributed by atoms with Crippen LogP contribution in [-0.4, -0.2) is 28.5 Å². The topological polar surface area (TPSA) is 97.1 Å². The number of aromatic nitrogens is 2. The van der Waals surface area contributed by atoms with Gasteiger partial charge in [0.05, 0.1) is 12.1 Å². The number of carbonyl (C=O) groups is 2. The van der Waals surface area contributed by atoms with Crippen molar-refractivity contribution in [1.82, 2.24) is 20.8 Å². The number of carbonyl (C=O) groups excluding carboxylic acids is 2. The Labute approximate surface area is 162 Å². The van der Waals surface area contributed by atoms with Crippen molar-refractivity contribution in [2.75, 3.05) is 6.54 Å². The van der Waals surface area contributed by atoms with Crippen LogP contribution in [-0.2, 0) is 4.79 Å². The smallest absolute Gasteiger partial charge is 0.254 e. The highest BCUT2D eigenvalue weighted by Crippen LogP contribution is 2.19. The molecule has 0 aliphatic carbocycles. The van der Waals surface area contributed by atoms with Gasteiger partial charge in [0.15, 0.2) is 0 Å². The van der Waals surface area contributed by atoms with Crippen molar-refractivity contribution in [1.29, 1.82) is 0 Å². The van der Waals surface area contributed by atoms with E-state index in [0.717, 1.165) is 12.1 Å². The third-order valence-corrected chi connectivity index (χ3v) is 3.88. The van der Waals surface area contributed by atoms with Gasteiger partial charge >= 0.3 is 0 Å². The third-order valence-electron chi connectivity index (χ3n) is 3.88. The van der Waals surface area contributed by atoms with E-state index in [-0.39, 0.29) is 17.3 Å². The number of benzene rings is 2. The lowest BCUT2D eigenvalue weighted by molar-refractivity contribution is -0.120. The standard InChI is InChI=1S/C19H15F3N4O3/c1-10(19-25-17(26-29-19)11-2-4-12(20)5-3-11)24-16(27)9-23-18(28)14-7-6-13(21)8-15(14)22/h2-8,10H,9H2,1H3,(H,23,28)(H,24,27). The van der Waals surface area contributed by atoms with E-state index >= 15 is 0 Å².